The van der Waals surface area contributed by atoms with E-state index in [9.17, 15) is 0 Å². The summed E-state index contributed by atoms with van der Waals surface area (Å²) in [5, 5.41) is 0. The first-order valence-electron chi connectivity index (χ1n) is 3.34. The molecule has 1 aliphatic carbocycles. The molecule has 0 fully saturated rings. The Labute approximate surface area is 72.4 Å². The van der Waals surface area contributed by atoms with E-state index in [1.165, 1.54) is 29.7 Å². The average Bonchev–Trinajstić information content (AvgIpc) is 2.41. The van der Waals surface area contributed by atoms with Gasteiger partial charge in [0.1, 0.15) is 0 Å². The third-order valence-corrected chi connectivity index (χ3v) is 3.93. The Hall–Kier alpha value is -0.0200. The maximum Gasteiger partial charge on any atom is 0.0933 e. The van der Waals surface area contributed by atoms with E-state index < -0.39 is 0 Å². The van der Waals surface area contributed by atoms with Gasteiger partial charge in [-0.05, 0) is 40.8 Å². The van der Waals surface area contributed by atoms with E-state index in [0.717, 1.165) is 9.47 Å². The highest BCUT2D eigenvalue weighted by Crippen LogP contribution is 2.40. The standard InChI is InChI=1S/C7H8BrNS/c8-7-6(9)4-2-1-3-5(4)10-7/h1-3,9H2. The molecule has 0 unspecified atom stereocenters. The minimum absolute atomic E-state index is 0.984. The SMILES string of the molecule is Nc1c(Br)sc2c1CCC2. The summed E-state index contributed by atoms with van der Waals surface area (Å²) in [4.78, 5) is 1.49. The first kappa shape index (κ1) is 6.68. The molecule has 0 saturated heterocycles. The van der Waals surface area contributed by atoms with Crippen LogP contribution in [0.1, 0.15) is 16.9 Å². The van der Waals surface area contributed by atoms with Crippen molar-refractivity contribution in [3.05, 3.63) is 14.2 Å². The van der Waals surface area contributed by atoms with E-state index in [0.29, 0.717) is 0 Å². The molecule has 0 aromatic carbocycles. The van der Waals surface area contributed by atoms with Gasteiger partial charge in [0.25, 0.3) is 0 Å². The molecular formula is C7H8BrNS. The van der Waals surface area contributed by atoms with Gasteiger partial charge in [-0.1, -0.05) is 0 Å². The zero-order valence-corrected chi connectivity index (χ0v) is 7.89. The quantitative estimate of drug-likeness (QED) is 0.711. The van der Waals surface area contributed by atoms with Crippen molar-refractivity contribution in [1.29, 1.82) is 0 Å². The third kappa shape index (κ3) is 0.805. The van der Waals surface area contributed by atoms with Crippen LogP contribution in [0.3, 0.4) is 0 Å². The van der Waals surface area contributed by atoms with Gasteiger partial charge in [0, 0.05) is 4.88 Å². The summed E-state index contributed by atoms with van der Waals surface area (Å²) in [6, 6.07) is 0. The lowest BCUT2D eigenvalue weighted by atomic mass is 10.2. The lowest BCUT2D eigenvalue weighted by Crippen LogP contribution is -1.86. The fourth-order valence-electron chi connectivity index (χ4n) is 1.40. The monoisotopic (exact) mass is 217 g/mol. The van der Waals surface area contributed by atoms with Gasteiger partial charge in [0.15, 0.2) is 0 Å². The summed E-state index contributed by atoms with van der Waals surface area (Å²) < 4.78 is 1.12. The highest BCUT2D eigenvalue weighted by atomic mass is 79.9. The van der Waals surface area contributed by atoms with Gasteiger partial charge in [0.05, 0.1) is 9.47 Å². The predicted molar refractivity (Wildman–Crippen MR) is 48.5 cm³/mol. The molecule has 54 valence electrons. The van der Waals surface area contributed by atoms with E-state index in [-0.39, 0.29) is 0 Å². The van der Waals surface area contributed by atoms with Crippen LogP contribution in [0, 0.1) is 0 Å². The second kappa shape index (κ2) is 2.24. The number of nitrogens with two attached hydrogens (primary N) is 1. The Morgan fingerprint density at radius 2 is 2.20 bits per heavy atom. The Morgan fingerprint density at radius 1 is 1.40 bits per heavy atom. The first-order valence-corrected chi connectivity index (χ1v) is 4.95. The zero-order chi connectivity index (χ0) is 7.14. The van der Waals surface area contributed by atoms with Crippen molar-refractivity contribution in [2.75, 3.05) is 5.73 Å². The van der Waals surface area contributed by atoms with Crippen molar-refractivity contribution < 1.29 is 0 Å². The molecule has 1 aliphatic rings. The number of rotatable bonds is 0. The smallest absolute Gasteiger partial charge is 0.0933 e. The van der Waals surface area contributed by atoms with Crippen LogP contribution in [-0.4, -0.2) is 0 Å². The van der Waals surface area contributed by atoms with E-state index in [1.807, 2.05) is 0 Å². The molecule has 0 atom stereocenters. The Kier molecular flexibility index (Phi) is 1.49. The highest BCUT2D eigenvalue weighted by Gasteiger charge is 2.18. The van der Waals surface area contributed by atoms with Crippen molar-refractivity contribution in [1.82, 2.24) is 0 Å². The number of hydrogen-bond acceptors (Lipinski definition) is 2. The average molecular weight is 218 g/mol. The van der Waals surface area contributed by atoms with Crippen LogP contribution in [0.25, 0.3) is 0 Å². The number of halogens is 1. The minimum Gasteiger partial charge on any atom is -0.397 e. The molecule has 2 rings (SSSR count). The van der Waals surface area contributed by atoms with Crippen molar-refractivity contribution >= 4 is 33.0 Å². The van der Waals surface area contributed by atoms with E-state index in [1.54, 1.807) is 11.3 Å². The molecular weight excluding hydrogens is 210 g/mol. The van der Waals surface area contributed by atoms with E-state index in [4.69, 9.17) is 5.73 Å². The summed E-state index contributed by atoms with van der Waals surface area (Å²) in [6.07, 6.45) is 3.71. The molecule has 1 nitrogen and oxygen atoms in total. The van der Waals surface area contributed by atoms with Gasteiger partial charge in [-0.25, -0.2) is 0 Å². The van der Waals surface area contributed by atoms with Crippen LogP contribution in [0.5, 0.6) is 0 Å². The summed E-state index contributed by atoms with van der Waals surface area (Å²) >= 11 is 5.23. The number of fused-ring (bicyclic) bond motifs is 1. The number of anilines is 1. The second-order valence-corrected chi connectivity index (χ2v) is 4.97. The largest absolute Gasteiger partial charge is 0.397 e. The third-order valence-electron chi connectivity index (χ3n) is 1.92. The molecule has 0 bridgehead atoms. The Bertz CT molecular complexity index is 267. The maximum absolute atomic E-state index is 5.82. The number of hydrogen-bond donors (Lipinski definition) is 1. The second-order valence-electron chi connectivity index (χ2n) is 2.54. The zero-order valence-electron chi connectivity index (χ0n) is 5.48. The molecule has 3 heteroatoms. The fourth-order valence-corrected chi connectivity index (χ4v) is 3.25. The lowest BCUT2D eigenvalue weighted by molar-refractivity contribution is 0.915. The Balaban J connectivity index is 2.59. The molecule has 2 N–H and O–H groups in total. The molecule has 1 aromatic heterocycles. The molecule has 1 heterocycles. The molecule has 0 amide bonds. The molecule has 0 aliphatic heterocycles. The Morgan fingerprint density at radius 3 is 2.90 bits per heavy atom. The normalized spacial score (nSPS) is 15.7. The maximum atomic E-state index is 5.82. The van der Waals surface area contributed by atoms with Crippen molar-refractivity contribution in [3.63, 3.8) is 0 Å². The van der Waals surface area contributed by atoms with Crippen LogP contribution >= 0.6 is 27.3 Å². The first-order chi connectivity index (χ1) is 4.79. The van der Waals surface area contributed by atoms with E-state index >= 15 is 0 Å². The fraction of sp³-hybridized carbons (Fsp3) is 0.429. The molecule has 0 spiro atoms. The van der Waals surface area contributed by atoms with Crippen LogP contribution < -0.4 is 5.73 Å². The van der Waals surface area contributed by atoms with E-state index in [2.05, 4.69) is 15.9 Å². The van der Waals surface area contributed by atoms with Gasteiger partial charge in [-0.2, -0.15) is 0 Å². The summed E-state index contributed by atoms with van der Waals surface area (Å²) in [5.41, 5.74) is 8.20. The highest BCUT2D eigenvalue weighted by molar-refractivity contribution is 9.11. The number of thiophene rings is 1. The minimum atomic E-state index is 0.984. The number of nitrogen functional groups attached to an aromatic ring is 1. The number of aryl methyl sites for hydroxylation is 1. The van der Waals surface area contributed by atoms with Crippen LogP contribution in [0.15, 0.2) is 3.79 Å². The van der Waals surface area contributed by atoms with Gasteiger partial charge in [0.2, 0.25) is 0 Å². The summed E-state index contributed by atoms with van der Waals surface area (Å²) in [5.74, 6) is 0. The van der Waals surface area contributed by atoms with Crippen molar-refractivity contribution in [3.8, 4) is 0 Å². The van der Waals surface area contributed by atoms with Crippen molar-refractivity contribution in [2.45, 2.75) is 19.3 Å². The van der Waals surface area contributed by atoms with Crippen molar-refractivity contribution in [2.24, 2.45) is 0 Å². The molecule has 0 saturated carbocycles. The van der Waals surface area contributed by atoms with Gasteiger partial charge in [-0.15, -0.1) is 11.3 Å². The van der Waals surface area contributed by atoms with Crippen LogP contribution in [0.4, 0.5) is 5.69 Å². The summed E-state index contributed by atoms with van der Waals surface area (Å²) in [7, 11) is 0. The molecule has 0 radical (unpaired) electrons. The molecule has 1 aromatic rings. The summed E-state index contributed by atoms with van der Waals surface area (Å²) in [6.45, 7) is 0. The van der Waals surface area contributed by atoms with Crippen LogP contribution in [0.2, 0.25) is 0 Å². The topological polar surface area (TPSA) is 26.0 Å². The lowest BCUT2D eigenvalue weighted by Gasteiger charge is -1.90. The van der Waals surface area contributed by atoms with Gasteiger partial charge >= 0.3 is 0 Å². The van der Waals surface area contributed by atoms with Crippen LogP contribution in [-0.2, 0) is 12.8 Å². The van der Waals surface area contributed by atoms with Gasteiger partial charge in [-0.3, -0.25) is 0 Å². The molecule has 10 heavy (non-hydrogen) atoms. The predicted octanol–water partition coefficient (Wildman–Crippen LogP) is 2.58. The van der Waals surface area contributed by atoms with Gasteiger partial charge < -0.3 is 5.73 Å².